The number of hydrogen-bond acceptors (Lipinski definition) is 4. The van der Waals surface area contributed by atoms with Gasteiger partial charge in [0.2, 0.25) is 0 Å². The Kier molecular flexibility index (Phi) is 13.2. The summed E-state index contributed by atoms with van der Waals surface area (Å²) >= 11 is 0. The second kappa shape index (κ2) is 15.1. The monoisotopic (exact) mass is 545 g/mol. The molecule has 1 N–H and O–H groups in total. The lowest BCUT2D eigenvalue weighted by Crippen LogP contribution is -2.41. The molecule has 0 bridgehead atoms. The van der Waals surface area contributed by atoms with Gasteiger partial charge in [-0.3, -0.25) is 9.20 Å². The van der Waals surface area contributed by atoms with Gasteiger partial charge in [-0.05, 0) is 36.8 Å². The van der Waals surface area contributed by atoms with Crippen LogP contribution in [0.3, 0.4) is 0 Å². The highest BCUT2D eigenvalue weighted by Gasteiger charge is 2.07. The molecular formula is C22H32IN3O3S. The first-order chi connectivity index (χ1) is 14.1. The molecule has 0 aromatic heterocycles. The zero-order chi connectivity index (χ0) is 20.9. The van der Waals surface area contributed by atoms with Crippen LogP contribution in [0.15, 0.2) is 59.6 Å². The average molecular weight is 545 g/mol. The zero-order valence-electron chi connectivity index (χ0n) is 17.9. The molecule has 6 nitrogen and oxygen atoms in total. The van der Waals surface area contributed by atoms with E-state index in [1.165, 1.54) is 0 Å². The molecule has 30 heavy (non-hydrogen) atoms. The second-order valence-corrected chi connectivity index (χ2v) is 8.03. The number of halogens is 1. The van der Waals surface area contributed by atoms with Crippen LogP contribution in [0, 0.1) is 0 Å². The van der Waals surface area contributed by atoms with Gasteiger partial charge in [0.1, 0.15) is 18.1 Å². The predicted molar refractivity (Wildman–Crippen MR) is 136 cm³/mol. The van der Waals surface area contributed by atoms with Crippen molar-refractivity contribution in [1.82, 2.24) is 10.2 Å². The van der Waals surface area contributed by atoms with Crippen LogP contribution in [0.2, 0.25) is 0 Å². The van der Waals surface area contributed by atoms with E-state index < -0.39 is 10.8 Å². The van der Waals surface area contributed by atoms with Gasteiger partial charge in [-0.1, -0.05) is 30.3 Å². The highest BCUT2D eigenvalue weighted by atomic mass is 127. The minimum atomic E-state index is -0.926. The Labute approximate surface area is 199 Å². The summed E-state index contributed by atoms with van der Waals surface area (Å²) in [6.45, 7) is 4.55. The van der Waals surface area contributed by atoms with E-state index in [0.717, 1.165) is 29.6 Å². The standard InChI is InChI=1S/C22H31N3O3S.HI/c1-4-23-22(24-14-17-29(26)18-19-8-6-5-7-9-19)25(2)15-16-28-21-12-10-20(27-3)11-13-21;/h5-13H,4,14-18H2,1-3H3,(H,23,24);1H. The molecule has 0 aliphatic carbocycles. The molecule has 0 spiro atoms. The van der Waals surface area contributed by atoms with Crippen LogP contribution in [0.1, 0.15) is 12.5 Å². The number of hydrogen-bond donors (Lipinski definition) is 1. The minimum absolute atomic E-state index is 0. The Morgan fingerprint density at radius 3 is 2.40 bits per heavy atom. The third-order valence-electron chi connectivity index (χ3n) is 4.20. The van der Waals surface area contributed by atoms with Crippen molar-refractivity contribution in [3.05, 3.63) is 60.2 Å². The van der Waals surface area contributed by atoms with Crippen LogP contribution in [-0.4, -0.2) is 61.2 Å². The van der Waals surface area contributed by atoms with E-state index in [1.807, 2.05) is 73.5 Å². The van der Waals surface area contributed by atoms with Gasteiger partial charge < -0.3 is 19.7 Å². The predicted octanol–water partition coefficient (Wildman–Crippen LogP) is 3.54. The SMILES string of the molecule is CCNC(=NCCS(=O)Cc1ccccc1)N(C)CCOc1ccc(OC)cc1.I. The fourth-order valence-corrected chi connectivity index (χ4v) is 3.64. The molecule has 1 unspecified atom stereocenters. The lowest BCUT2D eigenvalue weighted by Gasteiger charge is -2.22. The number of rotatable bonds is 11. The Morgan fingerprint density at radius 1 is 1.10 bits per heavy atom. The lowest BCUT2D eigenvalue weighted by molar-refractivity contribution is 0.281. The number of benzene rings is 2. The van der Waals surface area contributed by atoms with E-state index in [9.17, 15) is 4.21 Å². The number of methoxy groups -OCH3 is 1. The first-order valence-corrected chi connectivity index (χ1v) is 11.3. The Hall–Kier alpha value is -1.81. The molecule has 2 rings (SSSR count). The van der Waals surface area contributed by atoms with Gasteiger partial charge in [-0.15, -0.1) is 24.0 Å². The normalized spacial score (nSPS) is 11.9. The summed E-state index contributed by atoms with van der Waals surface area (Å²) in [4.78, 5) is 6.63. The van der Waals surface area contributed by atoms with Gasteiger partial charge in [0.15, 0.2) is 5.96 Å². The van der Waals surface area contributed by atoms with E-state index in [-0.39, 0.29) is 24.0 Å². The maximum Gasteiger partial charge on any atom is 0.193 e. The largest absolute Gasteiger partial charge is 0.497 e. The quantitative estimate of drug-likeness (QED) is 0.266. The highest BCUT2D eigenvalue weighted by molar-refractivity contribution is 14.0. The summed E-state index contributed by atoms with van der Waals surface area (Å²) in [6.07, 6.45) is 0. The number of nitrogens with zero attached hydrogens (tertiary/aromatic N) is 2. The fraction of sp³-hybridized carbons (Fsp3) is 0.409. The van der Waals surface area contributed by atoms with Crippen molar-refractivity contribution in [3.8, 4) is 11.5 Å². The van der Waals surface area contributed by atoms with E-state index >= 15 is 0 Å². The summed E-state index contributed by atoms with van der Waals surface area (Å²) in [7, 11) is 2.69. The molecule has 1 atom stereocenters. The van der Waals surface area contributed by atoms with Crippen molar-refractivity contribution in [3.63, 3.8) is 0 Å². The third kappa shape index (κ3) is 9.80. The molecule has 0 saturated heterocycles. The van der Waals surface area contributed by atoms with E-state index in [4.69, 9.17) is 9.47 Å². The molecule has 0 fully saturated rings. The maximum absolute atomic E-state index is 12.3. The van der Waals surface area contributed by atoms with Crippen molar-refractivity contribution in [1.29, 1.82) is 0 Å². The molecule has 2 aromatic rings. The van der Waals surface area contributed by atoms with Crippen LogP contribution in [-0.2, 0) is 16.6 Å². The Bertz CT molecular complexity index is 773. The smallest absolute Gasteiger partial charge is 0.193 e. The number of likely N-dealkylation sites (N-methyl/N-ethyl adjacent to an activating group) is 1. The lowest BCUT2D eigenvalue weighted by atomic mass is 10.2. The van der Waals surface area contributed by atoms with Gasteiger partial charge in [-0.2, -0.15) is 0 Å². The van der Waals surface area contributed by atoms with Crippen LogP contribution in [0.25, 0.3) is 0 Å². The van der Waals surface area contributed by atoms with Crippen LogP contribution in [0.5, 0.6) is 11.5 Å². The number of aliphatic imine (C=N–C) groups is 1. The molecule has 0 heterocycles. The molecule has 8 heteroatoms. The third-order valence-corrected chi connectivity index (χ3v) is 5.50. The number of guanidine groups is 1. The van der Waals surface area contributed by atoms with Gasteiger partial charge in [-0.25, -0.2) is 0 Å². The van der Waals surface area contributed by atoms with Crippen molar-refractivity contribution in [2.24, 2.45) is 4.99 Å². The minimum Gasteiger partial charge on any atom is -0.497 e. The topological polar surface area (TPSA) is 63.2 Å². The summed E-state index contributed by atoms with van der Waals surface area (Å²) in [6, 6.07) is 17.4. The molecule has 166 valence electrons. The zero-order valence-corrected chi connectivity index (χ0v) is 21.0. The summed E-state index contributed by atoms with van der Waals surface area (Å²) < 4.78 is 23.2. The Balaban J connectivity index is 0.00000450. The summed E-state index contributed by atoms with van der Waals surface area (Å²) in [5.41, 5.74) is 1.09. The first-order valence-electron chi connectivity index (χ1n) is 9.77. The molecule has 0 aliphatic rings. The van der Waals surface area contributed by atoms with Gasteiger partial charge in [0, 0.05) is 35.9 Å². The van der Waals surface area contributed by atoms with E-state index in [2.05, 4.69) is 10.3 Å². The number of nitrogens with one attached hydrogen (secondary N) is 1. The molecule has 0 aliphatic heterocycles. The highest BCUT2D eigenvalue weighted by Crippen LogP contribution is 2.16. The summed E-state index contributed by atoms with van der Waals surface area (Å²) in [5, 5.41) is 3.27. The van der Waals surface area contributed by atoms with Crippen molar-refractivity contribution in [2.75, 3.05) is 46.2 Å². The Morgan fingerprint density at radius 2 is 1.77 bits per heavy atom. The average Bonchev–Trinajstić information content (AvgIpc) is 2.74. The second-order valence-electron chi connectivity index (χ2n) is 6.46. The van der Waals surface area contributed by atoms with Crippen LogP contribution >= 0.6 is 24.0 Å². The molecule has 2 aromatic carbocycles. The first kappa shape index (κ1) is 26.2. The van der Waals surface area contributed by atoms with E-state index in [0.29, 0.717) is 31.2 Å². The van der Waals surface area contributed by atoms with Crippen molar-refractivity contribution < 1.29 is 13.7 Å². The van der Waals surface area contributed by atoms with Crippen molar-refractivity contribution in [2.45, 2.75) is 12.7 Å². The molecule has 0 radical (unpaired) electrons. The van der Waals surface area contributed by atoms with Crippen molar-refractivity contribution >= 4 is 40.7 Å². The van der Waals surface area contributed by atoms with Crippen LogP contribution < -0.4 is 14.8 Å². The van der Waals surface area contributed by atoms with E-state index in [1.54, 1.807) is 7.11 Å². The molecule has 0 saturated carbocycles. The maximum atomic E-state index is 12.3. The van der Waals surface area contributed by atoms with Gasteiger partial charge >= 0.3 is 0 Å². The van der Waals surface area contributed by atoms with Gasteiger partial charge in [0.05, 0.1) is 20.2 Å². The molecular weight excluding hydrogens is 513 g/mol. The van der Waals surface area contributed by atoms with Gasteiger partial charge in [0.25, 0.3) is 0 Å². The summed E-state index contributed by atoms with van der Waals surface area (Å²) in [5.74, 6) is 3.51. The fourth-order valence-electron chi connectivity index (χ4n) is 2.63. The van der Waals surface area contributed by atoms with Crippen LogP contribution in [0.4, 0.5) is 0 Å². The number of ether oxygens (including phenoxy) is 2. The molecule has 0 amide bonds.